The number of hydrogen-bond donors (Lipinski definition) is 1. The highest BCUT2D eigenvalue weighted by Gasteiger charge is 2.05. The second-order valence-corrected chi connectivity index (χ2v) is 6.38. The third kappa shape index (κ3) is 1.08. The molecule has 2 aromatic rings. The third-order valence-corrected chi connectivity index (χ3v) is 3.97. The van der Waals surface area contributed by atoms with E-state index in [1.807, 2.05) is 6.20 Å². The van der Waals surface area contributed by atoms with Crippen LogP contribution in [0.3, 0.4) is 0 Å². The molecule has 0 saturated heterocycles. The molecule has 0 saturated carbocycles. The predicted molar refractivity (Wildman–Crippen MR) is 56.8 cm³/mol. The summed E-state index contributed by atoms with van der Waals surface area (Å²) >= 11 is 0. The molecule has 1 heterocycles. The number of nitrogens with one attached hydrogen (secondary N) is 1. The molecule has 1 nitrogen and oxygen atoms in total. The Morgan fingerprint density at radius 2 is 2.00 bits per heavy atom. The zero-order chi connectivity index (χ0) is 8.55. The van der Waals surface area contributed by atoms with E-state index in [9.17, 15) is 0 Å². The van der Waals surface area contributed by atoms with Gasteiger partial charge in [0.15, 0.2) is 0 Å². The van der Waals surface area contributed by atoms with Crippen LogP contribution in [0.25, 0.3) is 10.9 Å². The SMILES string of the molecule is C[SiH](C)c1cccc2cc[nH]c12. The number of rotatable bonds is 1. The fourth-order valence-electron chi connectivity index (χ4n) is 1.59. The van der Waals surface area contributed by atoms with Crippen LogP contribution < -0.4 is 5.19 Å². The van der Waals surface area contributed by atoms with E-state index in [1.165, 1.54) is 16.1 Å². The molecule has 0 radical (unpaired) electrons. The summed E-state index contributed by atoms with van der Waals surface area (Å²) in [6, 6.07) is 8.69. The second kappa shape index (κ2) is 2.79. The van der Waals surface area contributed by atoms with Crippen molar-refractivity contribution in [3.05, 3.63) is 30.5 Å². The first-order chi connectivity index (χ1) is 5.79. The summed E-state index contributed by atoms with van der Waals surface area (Å²) in [6.07, 6.45) is 2.02. The predicted octanol–water partition coefficient (Wildman–Crippen LogP) is 1.86. The zero-order valence-corrected chi connectivity index (χ0v) is 8.62. The molecule has 0 aliphatic heterocycles. The van der Waals surface area contributed by atoms with Crippen molar-refractivity contribution in [1.82, 2.24) is 4.98 Å². The fraction of sp³-hybridized carbons (Fsp3) is 0.200. The minimum absolute atomic E-state index is 0.676. The second-order valence-electron chi connectivity index (χ2n) is 3.44. The van der Waals surface area contributed by atoms with E-state index < -0.39 is 8.80 Å². The average Bonchev–Trinajstić information content (AvgIpc) is 2.49. The van der Waals surface area contributed by atoms with Crippen LogP contribution in [-0.2, 0) is 0 Å². The average molecular weight is 175 g/mol. The van der Waals surface area contributed by atoms with Crippen molar-refractivity contribution in [3.63, 3.8) is 0 Å². The molecule has 1 N–H and O–H groups in total. The first-order valence-corrected chi connectivity index (χ1v) is 7.23. The van der Waals surface area contributed by atoms with Gasteiger partial charge in [0.1, 0.15) is 0 Å². The van der Waals surface area contributed by atoms with E-state index in [0.29, 0.717) is 0 Å². The van der Waals surface area contributed by atoms with Crippen LogP contribution in [0, 0.1) is 0 Å². The van der Waals surface area contributed by atoms with E-state index in [2.05, 4.69) is 42.3 Å². The molecule has 2 heteroatoms. The molecule has 0 aliphatic carbocycles. The van der Waals surface area contributed by atoms with Gasteiger partial charge in [0.2, 0.25) is 0 Å². The molecule has 0 amide bonds. The summed E-state index contributed by atoms with van der Waals surface area (Å²) in [4.78, 5) is 3.30. The molecule has 0 aliphatic rings. The van der Waals surface area contributed by atoms with Gasteiger partial charge in [-0.25, -0.2) is 0 Å². The lowest BCUT2D eigenvalue weighted by Gasteiger charge is -2.04. The number of para-hydroxylation sites is 1. The molecule has 12 heavy (non-hydrogen) atoms. The van der Waals surface area contributed by atoms with Gasteiger partial charge in [-0.3, -0.25) is 0 Å². The molecule has 0 fully saturated rings. The summed E-state index contributed by atoms with van der Waals surface area (Å²) in [5.74, 6) is 0. The van der Waals surface area contributed by atoms with Gasteiger partial charge < -0.3 is 4.98 Å². The molecular formula is C10H13NSi. The Bertz CT molecular complexity index is 389. The standard InChI is InChI=1S/C10H13NSi/c1-12(2)9-5-3-4-8-6-7-11-10(8)9/h3-7,11-12H,1-2H3. The van der Waals surface area contributed by atoms with E-state index in [0.717, 1.165) is 0 Å². The highest BCUT2D eigenvalue weighted by molar-refractivity contribution is 6.73. The van der Waals surface area contributed by atoms with Gasteiger partial charge in [0.25, 0.3) is 0 Å². The molecule has 1 aromatic carbocycles. The Balaban J connectivity index is 2.73. The van der Waals surface area contributed by atoms with Gasteiger partial charge in [-0.05, 0) is 16.6 Å². The van der Waals surface area contributed by atoms with Crippen molar-refractivity contribution < 1.29 is 0 Å². The fourth-order valence-corrected chi connectivity index (χ4v) is 2.91. The van der Waals surface area contributed by atoms with Gasteiger partial charge in [0.05, 0.1) is 8.80 Å². The van der Waals surface area contributed by atoms with Gasteiger partial charge in [-0.2, -0.15) is 0 Å². The van der Waals surface area contributed by atoms with Crippen molar-refractivity contribution in [2.45, 2.75) is 13.1 Å². The number of hydrogen-bond acceptors (Lipinski definition) is 0. The Labute approximate surface area is 74.0 Å². The highest BCUT2D eigenvalue weighted by atomic mass is 28.3. The summed E-state index contributed by atoms with van der Waals surface area (Å²) in [5.41, 5.74) is 1.35. The molecular weight excluding hydrogens is 162 g/mol. The van der Waals surface area contributed by atoms with Crippen molar-refractivity contribution in [2.24, 2.45) is 0 Å². The Kier molecular flexibility index (Phi) is 1.77. The monoisotopic (exact) mass is 175 g/mol. The summed E-state index contributed by atoms with van der Waals surface area (Å²) < 4.78 is 0. The number of benzene rings is 1. The summed E-state index contributed by atoms with van der Waals surface area (Å²) in [7, 11) is -0.676. The van der Waals surface area contributed by atoms with Crippen LogP contribution in [0.5, 0.6) is 0 Å². The number of H-pyrrole nitrogens is 1. The smallest absolute Gasteiger partial charge is 0.0674 e. The molecule has 0 atom stereocenters. The van der Waals surface area contributed by atoms with Gasteiger partial charge in [-0.1, -0.05) is 31.3 Å². The lowest BCUT2D eigenvalue weighted by atomic mass is 10.2. The van der Waals surface area contributed by atoms with Crippen LogP contribution in [0.1, 0.15) is 0 Å². The molecule has 0 spiro atoms. The molecule has 62 valence electrons. The topological polar surface area (TPSA) is 15.8 Å². The summed E-state index contributed by atoms with van der Waals surface area (Å²) in [6.45, 7) is 4.71. The summed E-state index contributed by atoms with van der Waals surface area (Å²) in [5, 5.41) is 2.88. The van der Waals surface area contributed by atoms with Crippen LogP contribution >= 0.6 is 0 Å². The third-order valence-electron chi connectivity index (χ3n) is 2.24. The van der Waals surface area contributed by atoms with Gasteiger partial charge >= 0.3 is 0 Å². The normalized spacial score (nSPS) is 11.2. The first kappa shape index (κ1) is 7.62. The van der Waals surface area contributed by atoms with Crippen molar-refractivity contribution in [3.8, 4) is 0 Å². The quantitative estimate of drug-likeness (QED) is 0.637. The molecule has 0 unspecified atom stereocenters. The van der Waals surface area contributed by atoms with E-state index >= 15 is 0 Å². The van der Waals surface area contributed by atoms with Crippen LogP contribution in [0.15, 0.2) is 30.5 Å². The molecule has 2 rings (SSSR count). The van der Waals surface area contributed by atoms with E-state index in [4.69, 9.17) is 0 Å². The van der Waals surface area contributed by atoms with Crippen molar-refractivity contribution in [1.29, 1.82) is 0 Å². The van der Waals surface area contributed by atoms with Crippen molar-refractivity contribution >= 4 is 24.9 Å². The van der Waals surface area contributed by atoms with Crippen molar-refractivity contribution in [2.75, 3.05) is 0 Å². The van der Waals surface area contributed by atoms with Gasteiger partial charge in [-0.15, -0.1) is 0 Å². The Morgan fingerprint density at radius 1 is 1.17 bits per heavy atom. The molecule has 0 bridgehead atoms. The lowest BCUT2D eigenvalue weighted by molar-refractivity contribution is 1.49. The van der Waals surface area contributed by atoms with Crippen LogP contribution in [0.4, 0.5) is 0 Å². The zero-order valence-electron chi connectivity index (χ0n) is 7.46. The maximum absolute atomic E-state index is 3.30. The largest absolute Gasteiger partial charge is 0.361 e. The van der Waals surface area contributed by atoms with E-state index in [1.54, 1.807) is 0 Å². The number of aromatic nitrogens is 1. The maximum atomic E-state index is 3.30. The van der Waals surface area contributed by atoms with Crippen LogP contribution in [-0.4, -0.2) is 13.8 Å². The van der Waals surface area contributed by atoms with E-state index in [-0.39, 0.29) is 0 Å². The van der Waals surface area contributed by atoms with Crippen LogP contribution in [0.2, 0.25) is 13.1 Å². The Morgan fingerprint density at radius 3 is 2.75 bits per heavy atom. The molecule has 1 aromatic heterocycles. The maximum Gasteiger partial charge on any atom is 0.0674 e. The number of aromatic amines is 1. The first-order valence-electron chi connectivity index (χ1n) is 4.35. The minimum atomic E-state index is -0.676. The number of fused-ring (bicyclic) bond motifs is 1. The lowest BCUT2D eigenvalue weighted by Crippen LogP contribution is -2.23. The highest BCUT2D eigenvalue weighted by Crippen LogP contribution is 2.09. The van der Waals surface area contributed by atoms with Gasteiger partial charge in [0, 0.05) is 11.7 Å². The Hall–Kier alpha value is -1.02. The minimum Gasteiger partial charge on any atom is -0.361 e.